The van der Waals surface area contributed by atoms with Gasteiger partial charge in [-0.1, -0.05) is 0 Å². The van der Waals surface area contributed by atoms with Gasteiger partial charge >= 0.3 is 0 Å². The summed E-state index contributed by atoms with van der Waals surface area (Å²) in [6, 6.07) is 0. The molecule has 0 bridgehead atoms. The van der Waals surface area contributed by atoms with Gasteiger partial charge in [-0.3, -0.25) is 0 Å². The number of rotatable bonds is 2. The SMILES string of the molecule is C=C(/N=C(/C)N(C)C)OC. The van der Waals surface area contributed by atoms with Gasteiger partial charge in [-0.15, -0.1) is 0 Å². The first-order valence-electron chi connectivity index (χ1n) is 3.03. The van der Waals surface area contributed by atoms with Crippen LogP contribution in [0.1, 0.15) is 6.92 Å². The van der Waals surface area contributed by atoms with Crippen molar-refractivity contribution in [2.24, 2.45) is 4.99 Å². The molecular formula is C7H14N2O. The molecule has 0 aromatic heterocycles. The standard InChI is InChI=1S/C7H14N2O/c1-6(9(3)4)8-7(2)10-5/h2H2,1,3-5H3/b8-6-. The Bertz CT molecular complexity index is 150. The van der Waals surface area contributed by atoms with Crippen molar-refractivity contribution in [2.45, 2.75) is 6.92 Å². The van der Waals surface area contributed by atoms with Gasteiger partial charge < -0.3 is 9.64 Å². The largest absolute Gasteiger partial charge is 0.481 e. The van der Waals surface area contributed by atoms with Gasteiger partial charge in [0.15, 0.2) is 0 Å². The summed E-state index contributed by atoms with van der Waals surface area (Å²) in [7, 11) is 5.39. The second-order valence-electron chi connectivity index (χ2n) is 2.15. The lowest BCUT2D eigenvalue weighted by atomic mass is 10.6. The summed E-state index contributed by atoms with van der Waals surface area (Å²) in [5.41, 5.74) is 0. The van der Waals surface area contributed by atoms with Crippen LogP contribution in [0.4, 0.5) is 0 Å². The maximum absolute atomic E-state index is 4.76. The Kier molecular flexibility index (Phi) is 3.54. The van der Waals surface area contributed by atoms with Crippen LogP contribution in [-0.2, 0) is 4.74 Å². The van der Waals surface area contributed by atoms with E-state index >= 15 is 0 Å². The van der Waals surface area contributed by atoms with E-state index in [0.29, 0.717) is 5.88 Å². The molecule has 0 aromatic carbocycles. The van der Waals surface area contributed by atoms with E-state index in [-0.39, 0.29) is 0 Å². The Morgan fingerprint density at radius 1 is 1.50 bits per heavy atom. The first kappa shape index (κ1) is 9.01. The Labute approximate surface area is 62.0 Å². The summed E-state index contributed by atoms with van der Waals surface area (Å²) in [6.07, 6.45) is 0. The molecule has 0 aromatic rings. The average Bonchev–Trinajstić information content (AvgIpc) is 1.87. The first-order chi connectivity index (χ1) is 4.57. The van der Waals surface area contributed by atoms with E-state index in [2.05, 4.69) is 11.6 Å². The fraction of sp³-hybridized carbons (Fsp3) is 0.571. The average molecular weight is 142 g/mol. The Morgan fingerprint density at radius 3 is 2.30 bits per heavy atom. The van der Waals surface area contributed by atoms with E-state index in [1.54, 1.807) is 7.11 Å². The molecule has 0 saturated heterocycles. The summed E-state index contributed by atoms with van der Waals surface area (Å²) >= 11 is 0. The number of ether oxygens (including phenoxy) is 1. The predicted molar refractivity (Wildman–Crippen MR) is 42.9 cm³/mol. The van der Waals surface area contributed by atoms with Gasteiger partial charge in [0, 0.05) is 14.1 Å². The van der Waals surface area contributed by atoms with Gasteiger partial charge in [-0.25, -0.2) is 4.99 Å². The zero-order valence-electron chi connectivity index (χ0n) is 7.01. The zero-order valence-corrected chi connectivity index (χ0v) is 7.01. The highest BCUT2D eigenvalue weighted by molar-refractivity contribution is 5.79. The maximum Gasteiger partial charge on any atom is 0.207 e. The summed E-state index contributed by atoms with van der Waals surface area (Å²) in [4.78, 5) is 5.91. The second-order valence-corrected chi connectivity index (χ2v) is 2.15. The van der Waals surface area contributed by atoms with Gasteiger partial charge in [0.1, 0.15) is 5.84 Å². The molecule has 0 fully saturated rings. The van der Waals surface area contributed by atoms with Gasteiger partial charge in [-0.05, 0) is 13.5 Å². The fourth-order valence-electron chi connectivity index (χ4n) is 0.326. The number of methoxy groups -OCH3 is 1. The van der Waals surface area contributed by atoms with Crippen molar-refractivity contribution < 1.29 is 4.74 Å². The molecule has 0 aliphatic rings. The minimum absolute atomic E-state index is 0.436. The van der Waals surface area contributed by atoms with Gasteiger partial charge in [0.25, 0.3) is 0 Å². The lowest BCUT2D eigenvalue weighted by Gasteiger charge is -2.10. The number of amidine groups is 1. The van der Waals surface area contributed by atoms with Gasteiger partial charge in [-0.2, -0.15) is 0 Å². The van der Waals surface area contributed by atoms with Crippen LogP contribution in [0.15, 0.2) is 17.5 Å². The second kappa shape index (κ2) is 3.93. The van der Waals surface area contributed by atoms with Crippen LogP contribution in [0.5, 0.6) is 0 Å². The number of nitrogens with zero attached hydrogens (tertiary/aromatic N) is 2. The van der Waals surface area contributed by atoms with Crippen molar-refractivity contribution in [3.05, 3.63) is 12.5 Å². The van der Waals surface area contributed by atoms with Crippen molar-refractivity contribution in [3.8, 4) is 0 Å². The highest BCUT2D eigenvalue weighted by Crippen LogP contribution is 1.94. The van der Waals surface area contributed by atoms with E-state index in [1.807, 2.05) is 25.9 Å². The summed E-state index contributed by atoms with van der Waals surface area (Å²) < 4.78 is 4.76. The third-order valence-corrected chi connectivity index (χ3v) is 1.17. The Morgan fingerprint density at radius 2 is 2.00 bits per heavy atom. The molecule has 0 rings (SSSR count). The molecule has 0 unspecified atom stereocenters. The Hall–Kier alpha value is -0.990. The van der Waals surface area contributed by atoms with Crippen molar-refractivity contribution in [1.29, 1.82) is 0 Å². The highest BCUT2D eigenvalue weighted by atomic mass is 16.5. The summed E-state index contributed by atoms with van der Waals surface area (Å²) in [5, 5.41) is 0. The fourth-order valence-corrected chi connectivity index (χ4v) is 0.326. The van der Waals surface area contributed by atoms with Gasteiger partial charge in [0.05, 0.1) is 7.11 Å². The molecule has 0 spiro atoms. The van der Waals surface area contributed by atoms with Crippen molar-refractivity contribution in [2.75, 3.05) is 21.2 Å². The smallest absolute Gasteiger partial charge is 0.207 e. The van der Waals surface area contributed by atoms with E-state index in [9.17, 15) is 0 Å². The molecular weight excluding hydrogens is 128 g/mol. The van der Waals surface area contributed by atoms with E-state index in [0.717, 1.165) is 5.84 Å². The first-order valence-corrected chi connectivity index (χ1v) is 3.03. The van der Waals surface area contributed by atoms with Crippen LogP contribution in [0, 0.1) is 0 Å². The molecule has 0 aliphatic carbocycles. The number of hydrogen-bond acceptors (Lipinski definition) is 2. The lowest BCUT2D eigenvalue weighted by Crippen LogP contribution is -2.18. The van der Waals surface area contributed by atoms with Crippen LogP contribution >= 0.6 is 0 Å². The zero-order chi connectivity index (χ0) is 8.15. The topological polar surface area (TPSA) is 24.8 Å². The van der Waals surface area contributed by atoms with Crippen molar-refractivity contribution >= 4 is 5.84 Å². The third kappa shape index (κ3) is 3.12. The number of aliphatic imine (C=N–C) groups is 1. The van der Waals surface area contributed by atoms with E-state index in [1.165, 1.54) is 0 Å². The quantitative estimate of drug-likeness (QED) is 0.327. The van der Waals surface area contributed by atoms with Crippen LogP contribution in [0.25, 0.3) is 0 Å². The molecule has 10 heavy (non-hydrogen) atoms. The molecule has 0 heterocycles. The van der Waals surface area contributed by atoms with Crippen LogP contribution < -0.4 is 0 Å². The summed E-state index contributed by atoms with van der Waals surface area (Å²) in [5.74, 6) is 1.32. The van der Waals surface area contributed by atoms with Crippen LogP contribution in [0.3, 0.4) is 0 Å². The molecule has 0 amide bonds. The van der Waals surface area contributed by atoms with Crippen molar-refractivity contribution in [1.82, 2.24) is 4.90 Å². The van der Waals surface area contributed by atoms with E-state index < -0.39 is 0 Å². The normalized spacial score (nSPS) is 11.0. The predicted octanol–water partition coefficient (Wildman–Crippen LogP) is 1.08. The monoisotopic (exact) mass is 142 g/mol. The minimum atomic E-state index is 0.436. The molecule has 0 radical (unpaired) electrons. The molecule has 0 saturated carbocycles. The maximum atomic E-state index is 4.76. The molecule has 0 N–H and O–H groups in total. The molecule has 0 aliphatic heterocycles. The third-order valence-electron chi connectivity index (χ3n) is 1.17. The molecule has 0 atom stereocenters. The molecule has 3 heteroatoms. The minimum Gasteiger partial charge on any atom is -0.481 e. The van der Waals surface area contributed by atoms with Crippen LogP contribution in [-0.4, -0.2) is 31.9 Å². The van der Waals surface area contributed by atoms with Gasteiger partial charge in [0.2, 0.25) is 5.88 Å². The van der Waals surface area contributed by atoms with Crippen molar-refractivity contribution in [3.63, 3.8) is 0 Å². The highest BCUT2D eigenvalue weighted by Gasteiger charge is 1.92. The lowest BCUT2D eigenvalue weighted by molar-refractivity contribution is 0.289. The summed E-state index contributed by atoms with van der Waals surface area (Å²) in [6.45, 7) is 5.45. The Balaban J connectivity index is 4.03. The molecule has 3 nitrogen and oxygen atoms in total. The van der Waals surface area contributed by atoms with Crippen LogP contribution in [0.2, 0.25) is 0 Å². The number of hydrogen-bond donors (Lipinski definition) is 0. The van der Waals surface area contributed by atoms with E-state index in [4.69, 9.17) is 4.74 Å². The molecule has 58 valence electrons.